The van der Waals surface area contributed by atoms with Gasteiger partial charge in [-0.1, -0.05) is 26.0 Å². The third-order valence-electron chi connectivity index (χ3n) is 5.23. The molecule has 0 radical (unpaired) electrons. The van der Waals surface area contributed by atoms with Crippen molar-refractivity contribution in [1.82, 2.24) is 10.2 Å². The lowest BCUT2D eigenvalue weighted by atomic mass is 9.80. The predicted molar refractivity (Wildman–Crippen MR) is 124 cm³/mol. The minimum atomic E-state index is -0.866. The molecular formula is C24H33N3O6. The number of esters is 2. The minimum absolute atomic E-state index is 0.135. The Morgan fingerprint density at radius 2 is 1.70 bits per heavy atom. The molecule has 1 aliphatic rings. The van der Waals surface area contributed by atoms with Crippen LogP contribution >= 0.6 is 0 Å². The van der Waals surface area contributed by atoms with Gasteiger partial charge in [0.25, 0.3) is 5.69 Å². The lowest BCUT2D eigenvalue weighted by Gasteiger charge is -2.32. The number of allylic oxidation sites excluding steroid dienone is 2. The number of hydrogen-bond acceptors (Lipinski definition) is 8. The number of carbonyl (C=O) groups is 2. The highest BCUT2D eigenvalue weighted by Gasteiger charge is 2.39. The van der Waals surface area contributed by atoms with Crippen LogP contribution in [0.2, 0.25) is 0 Å². The maximum atomic E-state index is 13.3. The quantitative estimate of drug-likeness (QED) is 0.339. The fraction of sp³-hybridized carbons (Fsp3) is 0.500. The second-order valence-electron chi connectivity index (χ2n) is 9.19. The van der Waals surface area contributed by atoms with Crippen LogP contribution in [0.3, 0.4) is 0 Å². The van der Waals surface area contributed by atoms with Gasteiger partial charge in [0.05, 0.1) is 35.2 Å². The van der Waals surface area contributed by atoms with Crippen LogP contribution in [0, 0.1) is 15.5 Å². The molecule has 0 aliphatic carbocycles. The Balaban J connectivity index is 2.53. The number of benzene rings is 1. The first kappa shape index (κ1) is 26.1. The van der Waals surface area contributed by atoms with Gasteiger partial charge in [0.1, 0.15) is 0 Å². The highest BCUT2D eigenvalue weighted by Crippen LogP contribution is 2.40. The van der Waals surface area contributed by atoms with Crippen molar-refractivity contribution in [3.63, 3.8) is 0 Å². The minimum Gasteiger partial charge on any atom is -0.463 e. The molecule has 0 aromatic heterocycles. The lowest BCUT2D eigenvalue weighted by Crippen LogP contribution is -2.36. The van der Waals surface area contributed by atoms with E-state index in [0.717, 1.165) is 0 Å². The van der Waals surface area contributed by atoms with E-state index in [1.54, 1.807) is 26.8 Å². The molecule has 1 heterocycles. The van der Waals surface area contributed by atoms with Crippen LogP contribution in [0.1, 0.15) is 46.1 Å². The van der Waals surface area contributed by atoms with E-state index in [4.69, 9.17) is 9.47 Å². The molecule has 1 N–H and O–H groups in total. The second-order valence-corrected chi connectivity index (χ2v) is 9.19. The van der Waals surface area contributed by atoms with Crippen LogP contribution in [0.5, 0.6) is 0 Å². The van der Waals surface area contributed by atoms with Gasteiger partial charge in [0.2, 0.25) is 0 Å². The molecule has 9 nitrogen and oxygen atoms in total. The van der Waals surface area contributed by atoms with Gasteiger partial charge in [0, 0.05) is 35.5 Å². The number of nitrogens with one attached hydrogen (secondary N) is 1. The van der Waals surface area contributed by atoms with E-state index in [1.165, 1.54) is 18.2 Å². The predicted octanol–water partition coefficient (Wildman–Crippen LogP) is 3.52. The van der Waals surface area contributed by atoms with Crippen molar-refractivity contribution in [2.45, 2.75) is 40.5 Å². The molecule has 0 spiro atoms. The van der Waals surface area contributed by atoms with Gasteiger partial charge in [-0.25, -0.2) is 9.59 Å². The number of hydrogen-bond donors (Lipinski definition) is 1. The van der Waals surface area contributed by atoms with Crippen molar-refractivity contribution in [3.05, 3.63) is 62.5 Å². The number of nitro groups is 1. The van der Waals surface area contributed by atoms with E-state index in [9.17, 15) is 19.7 Å². The summed E-state index contributed by atoms with van der Waals surface area (Å²) < 4.78 is 10.9. The molecule has 1 unspecified atom stereocenters. The molecule has 180 valence electrons. The van der Waals surface area contributed by atoms with Crippen LogP contribution in [-0.4, -0.2) is 55.6 Å². The third-order valence-corrected chi connectivity index (χ3v) is 5.23. The van der Waals surface area contributed by atoms with E-state index in [2.05, 4.69) is 5.32 Å². The summed E-state index contributed by atoms with van der Waals surface area (Å²) in [6.45, 7) is 10.1. The molecule has 0 amide bonds. The number of ether oxygens (including phenoxy) is 2. The molecule has 0 fully saturated rings. The van der Waals surface area contributed by atoms with Crippen molar-refractivity contribution < 1.29 is 24.0 Å². The van der Waals surface area contributed by atoms with Crippen LogP contribution < -0.4 is 5.32 Å². The normalized spacial score (nSPS) is 16.5. The average Bonchev–Trinajstić information content (AvgIpc) is 2.70. The highest BCUT2D eigenvalue weighted by atomic mass is 16.6. The summed E-state index contributed by atoms with van der Waals surface area (Å²) in [7, 11) is 3.89. The Bertz CT molecular complexity index is 994. The maximum Gasteiger partial charge on any atom is 0.336 e. The second kappa shape index (κ2) is 10.6. The van der Waals surface area contributed by atoms with E-state index in [-0.39, 0.29) is 35.5 Å². The summed E-state index contributed by atoms with van der Waals surface area (Å²) in [5.74, 6) is -2.04. The largest absolute Gasteiger partial charge is 0.463 e. The number of dihydropyridines is 1. The molecule has 2 rings (SSSR count). The number of nitrogens with zero attached hydrogens (tertiary/aromatic N) is 2. The SMILES string of the molecule is CCOC(=O)C1=C(C)NC(C)=C(C(=O)OCC(C)(C)CN(C)C)C1c1cccc([N+](=O)[O-])c1. The molecule has 0 saturated carbocycles. The maximum absolute atomic E-state index is 13.3. The zero-order chi connectivity index (χ0) is 24.9. The third kappa shape index (κ3) is 6.41. The molecule has 1 aliphatic heterocycles. The van der Waals surface area contributed by atoms with E-state index in [0.29, 0.717) is 23.5 Å². The molecule has 1 atom stereocenters. The molecular weight excluding hydrogens is 426 g/mol. The van der Waals surface area contributed by atoms with Gasteiger partial charge in [-0.15, -0.1) is 0 Å². The lowest BCUT2D eigenvalue weighted by molar-refractivity contribution is -0.384. The summed E-state index contributed by atoms with van der Waals surface area (Å²) in [6.07, 6.45) is 0. The van der Waals surface area contributed by atoms with Gasteiger partial charge >= 0.3 is 11.9 Å². The first-order chi connectivity index (χ1) is 15.4. The van der Waals surface area contributed by atoms with Gasteiger partial charge in [0.15, 0.2) is 0 Å². The average molecular weight is 460 g/mol. The Kier molecular flexibility index (Phi) is 8.38. The molecule has 0 saturated heterocycles. The van der Waals surface area contributed by atoms with Crippen molar-refractivity contribution in [3.8, 4) is 0 Å². The fourth-order valence-electron chi connectivity index (χ4n) is 4.14. The monoisotopic (exact) mass is 459 g/mol. The first-order valence-corrected chi connectivity index (χ1v) is 10.8. The Morgan fingerprint density at radius 1 is 1.12 bits per heavy atom. The Hall–Kier alpha value is -3.20. The van der Waals surface area contributed by atoms with Crippen molar-refractivity contribution in [2.24, 2.45) is 5.41 Å². The summed E-state index contributed by atoms with van der Waals surface area (Å²) >= 11 is 0. The van der Waals surface area contributed by atoms with Crippen molar-refractivity contribution >= 4 is 17.6 Å². The standard InChI is InChI=1S/C24H33N3O6/c1-8-32-22(28)19-15(2)25-16(3)20(23(29)33-14-24(4,5)13-26(6)7)21(19)17-10-9-11-18(12-17)27(30)31/h9-12,21,25H,8,13-14H2,1-7H3. The van der Waals surface area contributed by atoms with Gasteiger partial charge in [-0.3, -0.25) is 10.1 Å². The smallest absolute Gasteiger partial charge is 0.336 e. The van der Waals surface area contributed by atoms with Crippen molar-refractivity contribution in [2.75, 3.05) is 33.9 Å². The Morgan fingerprint density at radius 3 is 2.21 bits per heavy atom. The number of nitro benzene ring substituents is 1. The summed E-state index contributed by atoms with van der Waals surface area (Å²) in [6, 6.07) is 5.93. The summed E-state index contributed by atoms with van der Waals surface area (Å²) in [5, 5.41) is 14.5. The van der Waals surface area contributed by atoms with Crippen LogP contribution in [-0.2, 0) is 19.1 Å². The molecule has 1 aromatic carbocycles. The summed E-state index contributed by atoms with van der Waals surface area (Å²) in [4.78, 5) is 39.1. The van der Waals surface area contributed by atoms with E-state index in [1.807, 2.05) is 32.8 Å². The summed E-state index contributed by atoms with van der Waals surface area (Å²) in [5.41, 5.74) is 1.50. The number of non-ortho nitro benzene ring substituents is 1. The molecule has 9 heteroatoms. The van der Waals surface area contributed by atoms with Gasteiger partial charge < -0.3 is 19.7 Å². The van der Waals surface area contributed by atoms with Gasteiger partial charge in [-0.05, 0) is 40.4 Å². The van der Waals surface area contributed by atoms with Crippen LogP contribution in [0.4, 0.5) is 5.69 Å². The number of rotatable bonds is 9. The zero-order valence-corrected chi connectivity index (χ0v) is 20.4. The number of carbonyl (C=O) groups excluding carboxylic acids is 2. The van der Waals surface area contributed by atoms with Crippen LogP contribution in [0.15, 0.2) is 46.8 Å². The first-order valence-electron chi connectivity index (χ1n) is 10.8. The Labute approximate surface area is 194 Å². The topological polar surface area (TPSA) is 111 Å². The fourth-order valence-corrected chi connectivity index (χ4v) is 4.14. The van der Waals surface area contributed by atoms with Gasteiger partial charge in [-0.2, -0.15) is 0 Å². The zero-order valence-electron chi connectivity index (χ0n) is 20.4. The van der Waals surface area contributed by atoms with Crippen LogP contribution in [0.25, 0.3) is 0 Å². The molecule has 1 aromatic rings. The highest BCUT2D eigenvalue weighted by molar-refractivity contribution is 6.00. The van der Waals surface area contributed by atoms with Crippen molar-refractivity contribution in [1.29, 1.82) is 0 Å². The molecule has 0 bridgehead atoms. The van der Waals surface area contributed by atoms with E-state index >= 15 is 0 Å². The van der Waals surface area contributed by atoms with E-state index < -0.39 is 22.8 Å². The molecule has 33 heavy (non-hydrogen) atoms.